The van der Waals surface area contributed by atoms with Crippen LogP contribution in [-0.2, 0) is 12.8 Å². The monoisotopic (exact) mass is 342 g/mol. The Labute approximate surface area is 129 Å². The van der Waals surface area contributed by atoms with Gasteiger partial charge in [-0.25, -0.2) is 0 Å². The summed E-state index contributed by atoms with van der Waals surface area (Å²) in [5.74, 6) is 0. The highest BCUT2D eigenvalue weighted by molar-refractivity contribution is 8.45. The number of halogens is 5. The third-order valence-electron chi connectivity index (χ3n) is 3.61. The summed E-state index contributed by atoms with van der Waals surface area (Å²) in [6.45, 7) is 6.50. The predicted molar refractivity (Wildman–Crippen MR) is 84.3 cm³/mol. The van der Waals surface area contributed by atoms with Gasteiger partial charge in [-0.2, -0.15) is 0 Å². The van der Waals surface area contributed by atoms with Gasteiger partial charge in [0.05, 0.1) is 0 Å². The van der Waals surface area contributed by atoms with Crippen LogP contribution in [0.1, 0.15) is 49.3 Å². The second-order valence-electron chi connectivity index (χ2n) is 5.59. The first kappa shape index (κ1) is 19.0. The molecule has 0 N–H and O–H groups in total. The van der Waals surface area contributed by atoms with E-state index in [1.807, 2.05) is 6.92 Å². The summed E-state index contributed by atoms with van der Waals surface area (Å²) >= 11 is 0. The lowest BCUT2D eigenvalue weighted by Crippen LogP contribution is -2.13. The minimum absolute atomic E-state index is 0.00200. The molecule has 0 nitrogen and oxygen atoms in total. The molecule has 0 saturated carbocycles. The molecule has 1 aromatic rings. The third-order valence-corrected chi connectivity index (χ3v) is 4.95. The van der Waals surface area contributed by atoms with Crippen molar-refractivity contribution in [3.05, 3.63) is 41.5 Å². The summed E-state index contributed by atoms with van der Waals surface area (Å²) in [6, 6.07) is 2.77. The molecular formula is C16H23F5S. The first-order valence-electron chi connectivity index (χ1n) is 7.37. The van der Waals surface area contributed by atoms with Crippen LogP contribution in [-0.4, -0.2) is 0 Å². The Morgan fingerprint density at radius 2 is 1.59 bits per heavy atom. The summed E-state index contributed by atoms with van der Waals surface area (Å²) in [4.78, 5) is -1.66. The number of benzene rings is 1. The average Bonchev–Trinajstić information content (AvgIpc) is 2.34. The van der Waals surface area contributed by atoms with Crippen LogP contribution in [0.15, 0.2) is 29.7 Å². The Morgan fingerprint density at radius 3 is 2.09 bits per heavy atom. The van der Waals surface area contributed by atoms with Crippen LogP contribution >= 0.6 is 10.2 Å². The number of rotatable bonds is 8. The van der Waals surface area contributed by atoms with Gasteiger partial charge in [-0.15, -0.1) is 6.58 Å². The van der Waals surface area contributed by atoms with Gasteiger partial charge in [-0.3, -0.25) is 0 Å². The van der Waals surface area contributed by atoms with Gasteiger partial charge in [-0.05, 0) is 55.7 Å². The average molecular weight is 342 g/mol. The lowest BCUT2D eigenvalue weighted by molar-refractivity contribution is 0.361. The number of aryl methyl sites for hydroxylation is 2. The Bertz CT molecular complexity index is 545. The van der Waals surface area contributed by atoms with Crippen LogP contribution in [0.3, 0.4) is 0 Å². The summed E-state index contributed by atoms with van der Waals surface area (Å²) < 4.78 is 67.2. The first-order valence-corrected chi connectivity index (χ1v) is 9.32. The van der Waals surface area contributed by atoms with Crippen LogP contribution in [0.4, 0.5) is 19.4 Å². The van der Waals surface area contributed by atoms with Gasteiger partial charge in [0.2, 0.25) is 0 Å². The summed E-state index contributed by atoms with van der Waals surface area (Å²) in [7, 11) is -9.69. The van der Waals surface area contributed by atoms with Gasteiger partial charge in [-0.1, -0.05) is 51.0 Å². The Kier molecular flexibility index (Phi) is 5.07. The van der Waals surface area contributed by atoms with Crippen LogP contribution in [0, 0.1) is 6.92 Å². The van der Waals surface area contributed by atoms with E-state index in [0.717, 1.165) is 6.92 Å². The van der Waals surface area contributed by atoms with Crippen LogP contribution in [0.5, 0.6) is 0 Å². The van der Waals surface area contributed by atoms with Gasteiger partial charge in [0.25, 0.3) is 0 Å². The standard InChI is InChI=1S/C16H23F5S/c1-4-6-7-8-10-15-12-11-14(9-5-2)13(3)16(15)22(17,18,19,20)21/h4,11-12H,1,5-10H2,2-3H3. The van der Waals surface area contributed by atoms with Gasteiger partial charge >= 0.3 is 10.2 Å². The number of hydrogen-bond acceptors (Lipinski definition) is 0. The SMILES string of the molecule is C=CCCCCc1ccc(CCC)c(C)c1S(F)(F)(F)(F)F. The molecule has 0 bridgehead atoms. The molecule has 0 aliphatic rings. The molecule has 1 rings (SSSR count). The third kappa shape index (κ3) is 5.00. The van der Waals surface area contributed by atoms with E-state index in [4.69, 9.17) is 0 Å². The van der Waals surface area contributed by atoms with E-state index >= 15 is 0 Å². The minimum atomic E-state index is -9.69. The lowest BCUT2D eigenvalue weighted by Gasteiger charge is -2.43. The highest BCUT2D eigenvalue weighted by Gasteiger charge is 2.67. The fraction of sp³-hybridized carbons (Fsp3) is 0.500. The quantitative estimate of drug-likeness (QED) is 0.260. The molecule has 0 amide bonds. The lowest BCUT2D eigenvalue weighted by atomic mass is 9.98. The van der Waals surface area contributed by atoms with E-state index in [2.05, 4.69) is 6.58 Å². The topological polar surface area (TPSA) is 0 Å². The second kappa shape index (κ2) is 5.87. The highest BCUT2D eigenvalue weighted by Crippen LogP contribution is 3.02. The fourth-order valence-corrected chi connectivity index (χ4v) is 4.04. The number of allylic oxidation sites excluding steroid dienone is 1. The molecule has 0 aliphatic carbocycles. The van der Waals surface area contributed by atoms with Crippen LogP contribution in [0.25, 0.3) is 0 Å². The smallest absolute Gasteiger partial charge is 0.103 e. The Balaban J connectivity index is 3.34. The molecule has 22 heavy (non-hydrogen) atoms. The zero-order valence-electron chi connectivity index (χ0n) is 13.0. The van der Waals surface area contributed by atoms with Crippen molar-refractivity contribution in [2.24, 2.45) is 0 Å². The van der Waals surface area contributed by atoms with Crippen molar-refractivity contribution in [2.45, 2.75) is 57.3 Å². The molecule has 0 spiro atoms. The van der Waals surface area contributed by atoms with Crippen molar-refractivity contribution in [1.82, 2.24) is 0 Å². The predicted octanol–water partition coefficient (Wildman–Crippen LogP) is 7.50. The zero-order chi connectivity index (χ0) is 17.1. The van der Waals surface area contributed by atoms with Crippen molar-refractivity contribution >= 4 is 10.2 Å². The van der Waals surface area contributed by atoms with E-state index < -0.39 is 15.1 Å². The molecule has 0 heterocycles. The maximum Gasteiger partial charge on any atom is 0.310 e. The van der Waals surface area contributed by atoms with E-state index in [-0.39, 0.29) is 17.5 Å². The van der Waals surface area contributed by atoms with E-state index in [1.165, 1.54) is 6.07 Å². The molecule has 128 valence electrons. The van der Waals surface area contributed by atoms with Crippen molar-refractivity contribution in [1.29, 1.82) is 0 Å². The largest absolute Gasteiger partial charge is 0.310 e. The number of unbranched alkanes of at least 4 members (excludes halogenated alkanes) is 2. The van der Waals surface area contributed by atoms with E-state index in [0.29, 0.717) is 37.7 Å². The second-order valence-corrected chi connectivity index (χ2v) is 7.94. The fourth-order valence-electron chi connectivity index (χ4n) is 2.67. The van der Waals surface area contributed by atoms with Gasteiger partial charge in [0.1, 0.15) is 4.90 Å². The molecule has 0 atom stereocenters. The van der Waals surface area contributed by atoms with Gasteiger partial charge in [0.15, 0.2) is 0 Å². The molecule has 0 unspecified atom stereocenters. The summed E-state index contributed by atoms with van der Waals surface area (Å²) in [5.41, 5.74) is -0.261. The highest BCUT2D eigenvalue weighted by atomic mass is 32.5. The maximum atomic E-state index is 13.4. The van der Waals surface area contributed by atoms with Crippen molar-refractivity contribution in [3.63, 3.8) is 0 Å². The molecule has 0 aliphatic heterocycles. The minimum Gasteiger partial charge on any atom is -0.103 e. The number of hydrogen-bond donors (Lipinski definition) is 0. The van der Waals surface area contributed by atoms with Crippen molar-refractivity contribution in [2.75, 3.05) is 0 Å². The summed E-state index contributed by atoms with van der Waals surface area (Å²) in [5, 5.41) is 0. The van der Waals surface area contributed by atoms with E-state index in [9.17, 15) is 19.4 Å². The Hall–Kier alpha value is -1.04. The van der Waals surface area contributed by atoms with Gasteiger partial charge < -0.3 is 0 Å². The molecule has 6 heteroatoms. The zero-order valence-corrected chi connectivity index (χ0v) is 13.8. The van der Waals surface area contributed by atoms with Gasteiger partial charge in [0, 0.05) is 0 Å². The summed E-state index contributed by atoms with van der Waals surface area (Å²) in [6.07, 6.45) is 4.38. The molecule has 0 aromatic heterocycles. The normalized spacial score (nSPS) is 15.2. The van der Waals surface area contributed by atoms with Crippen LogP contribution < -0.4 is 0 Å². The van der Waals surface area contributed by atoms with Crippen molar-refractivity contribution in [3.8, 4) is 0 Å². The Morgan fingerprint density at radius 1 is 1.00 bits per heavy atom. The van der Waals surface area contributed by atoms with E-state index in [1.54, 1.807) is 12.1 Å². The maximum absolute atomic E-state index is 13.4. The molecule has 1 aromatic carbocycles. The molecule has 0 saturated heterocycles. The van der Waals surface area contributed by atoms with Crippen LogP contribution in [0.2, 0.25) is 0 Å². The molecule has 0 radical (unpaired) electrons. The first-order chi connectivity index (χ1) is 9.90. The molecular weight excluding hydrogens is 319 g/mol. The van der Waals surface area contributed by atoms with Crippen molar-refractivity contribution < 1.29 is 19.4 Å². The molecule has 0 fully saturated rings.